The molecule has 0 spiro atoms. The van der Waals surface area contributed by atoms with E-state index >= 15 is 0 Å². The number of methoxy groups -OCH3 is 1. The minimum atomic E-state index is -4.80. The average Bonchev–Trinajstić information content (AvgIpc) is 2.82. The molecule has 3 unspecified atom stereocenters. The number of hydrogen-bond acceptors (Lipinski definition) is 8. The highest BCUT2D eigenvalue weighted by Gasteiger charge is 2.46. The third-order valence-electron chi connectivity index (χ3n) is 3.81. The summed E-state index contributed by atoms with van der Waals surface area (Å²) in [5.74, 6) is -1.39. The smallest absolute Gasteiger partial charge is 0.340 e. The summed E-state index contributed by atoms with van der Waals surface area (Å²) < 4.78 is 38.8. The summed E-state index contributed by atoms with van der Waals surface area (Å²) in [7, 11) is -8.21. The van der Waals surface area contributed by atoms with Crippen LogP contribution < -0.4 is 11.2 Å². The van der Waals surface area contributed by atoms with Crippen molar-refractivity contribution in [3.8, 4) is 0 Å². The first-order valence-corrected chi connectivity index (χ1v) is 11.1. The Morgan fingerprint density at radius 2 is 1.93 bits per heavy atom. The van der Waals surface area contributed by atoms with E-state index in [9.17, 15) is 28.7 Å². The number of rotatable bonds is 7. The average molecular weight is 430 g/mol. The first-order valence-electron chi connectivity index (χ1n) is 7.54. The van der Waals surface area contributed by atoms with E-state index in [-0.39, 0.29) is 5.56 Å². The maximum atomic E-state index is 12.0. The number of ether oxygens (including phenoxy) is 2. The van der Waals surface area contributed by atoms with Crippen LogP contribution in [0.4, 0.5) is 0 Å². The van der Waals surface area contributed by atoms with Crippen molar-refractivity contribution < 1.29 is 42.9 Å². The van der Waals surface area contributed by atoms with Crippen molar-refractivity contribution in [3.05, 3.63) is 32.6 Å². The van der Waals surface area contributed by atoms with E-state index < -0.39 is 63.5 Å². The predicted molar refractivity (Wildman–Crippen MR) is 89.5 cm³/mol. The molecule has 2 rings (SSSR count). The molecule has 1 aromatic rings. The van der Waals surface area contributed by atoms with Crippen molar-refractivity contribution in [3.63, 3.8) is 0 Å². The molecule has 0 radical (unpaired) electrons. The van der Waals surface area contributed by atoms with Crippen LogP contribution in [0.15, 0.2) is 15.8 Å². The summed E-state index contributed by atoms with van der Waals surface area (Å²) in [4.78, 5) is 52.6. The summed E-state index contributed by atoms with van der Waals surface area (Å²) in [6.45, 7) is 0.759. The summed E-state index contributed by atoms with van der Waals surface area (Å²) in [5, 5.41) is 10.3. The van der Waals surface area contributed by atoms with Gasteiger partial charge < -0.3 is 33.8 Å². The Morgan fingerprint density at radius 3 is 2.48 bits per heavy atom. The van der Waals surface area contributed by atoms with E-state index in [1.807, 2.05) is 0 Å². The van der Waals surface area contributed by atoms with Crippen LogP contribution in [0.25, 0.3) is 0 Å². The molecule has 1 aliphatic rings. The molecule has 0 amide bonds. The van der Waals surface area contributed by atoms with E-state index in [0.29, 0.717) is 0 Å². The fourth-order valence-electron chi connectivity index (χ4n) is 2.57. The van der Waals surface area contributed by atoms with Gasteiger partial charge in [0.1, 0.15) is 18.3 Å². The summed E-state index contributed by atoms with van der Waals surface area (Å²) in [5.41, 5.74) is -1.22. The van der Waals surface area contributed by atoms with Crippen molar-refractivity contribution >= 4 is 15.2 Å². The fraction of sp³-hybridized carbons (Fsp3) is 0.667. The largest absolute Gasteiger partial charge is 0.387 e. The van der Waals surface area contributed by atoms with Gasteiger partial charge in [-0.25, -0.2) is 4.79 Å². The van der Waals surface area contributed by atoms with Crippen LogP contribution in [-0.2, 0) is 23.1 Å². The van der Waals surface area contributed by atoms with Gasteiger partial charge in [-0.3, -0.25) is 23.5 Å². The van der Waals surface area contributed by atoms with Crippen molar-refractivity contribution in [2.75, 3.05) is 19.6 Å². The van der Waals surface area contributed by atoms with E-state index in [1.165, 1.54) is 20.2 Å². The van der Waals surface area contributed by atoms with Gasteiger partial charge in [-0.1, -0.05) is 0 Å². The third kappa shape index (κ3) is 5.44. The molecule has 5 N–H and O–H groups in total. The number of aromatic amines is 1. The minimum absolute atomic E-state index is 0.198. The molecule has 2 heterocycles. The van der Waals surface area contributed by atoms with Gasteiger partial charge in [-0.15, -0.1) is 0 Å². The van der Waals surface area contributed by atoms with Crippen LogP contribution in [0.5, 0.6) is 0 Å². The maximum absolute atomic E-state index is 12.0. The fourth-order valence-corrected chi connectivity index (χ4v) is 5.14. The van der Waals surface area contributed by atoms with Gasteiger partial charge in [0.05, 0.1) is 6.61 Å². The molecule has 0 aromatic carbocycles. The third-order valence-corrected chi connectivity index (χ3v) is 7.26. The molecule has 5 atom stereocenters. The van der Waals surface area contributed by atoms with Gasteiger partial charge in [0, 0.05) is 18.9 Å². The van der Waals surface area contributed by atoms with E-state index in [0.717, 1.165) is 4.57 Å². The Kier molecular flexibility index (Phi) is 6.63. The van der Waals surface area contributed by atoms with Gasteiger partial charge in [0.25, 0.3) is 5.56 Å². The predicted octanol–water partition coefficient (Wildman–Crippen LogP) is -1.54. The molecule has 27 heavy (non-hydrogen) atoms. The lowest BCUT2D eigenvalue weighted by Crippen LogP contribution is -2.39. The second-order valence-corrected chi connectivity index (χ2v) is 9.97. The highest BCUT2D eigenvalue weighted by Crippen LogP contribution is 2.55. The summed E-state index contributed by atoms with van der Waals surface area (Å²) >= 11 is 0. The van der Waals surface area contributed by atoms with E-state index in [2.05, 4.69) is 9.51 Å². The molecule has 0 aliphatic carbocycles. The van der Waals surface area contributed by atoms with Gasteiger partial charge in [0.15, 0.2) is 12.1 Å². The van der Waals surface area contributed by atoms with Crippen LogP contribution in [0.2, 0.25) is 0 Å². The molecule has 1 aromatic heterocycles. The number of nitrogens with zero attached hydrogens (tertiary/aromatic N) is 1. The van der Waals surface area contributed by atoms with Gasteiger partial charge in [0.2, 0.25) is 0 Å². The van der Waals surface area contributed by atoms with Crippen molar-refractivity contribution in [2.45, 2.75) is 31.5 Å². The number of nitrogens with one attached hydrogen (secondary N) is 1. The number of hydrogen-bond donors (Lipinski definition) is 5. The zero-order valence-corrected chi connectivity index (χ0v) is 16.1. The number of aliphatic hydroxyl groups is 1. The van der Waals surface area contributed by atoms with Crippen LogP contribution in [0, 0.1) is 6.92 Å². The highest BCUT2D eigenvalue weighted by molar-refractivity contribution is 7.70. The van der Waals surface area contributed by atoms with E-state index in [4.69, 9.17) is 19.3 Å². The molecule has 1 saturated heterocycles. The number of aryl methyl sites for hydroxylation is 1. The van der Waals surface area contributed by atoms with Gasteiger partial charge in [-0.2, -0.15) is 0 Å². The first-order chi connectivity index (χ1) is 12.3. The zero-order valence-electron chi connectivity index (χ0n) is 14.3. The second kappa shape index (κ2) is 8.08. The van der Waals surface area contributed by atoms with Crippen molar-refractivity contribution in [1.29, 1.82) is 0 Å². The molecule has 154 valence electrons. The van der Waals surface area contributed by atoms with Crippen LogP contribution in [0.1, 0.15) is 11.8 Å². The standard InChI is InChI=1S/C12H20N2O11P2/c1-6-3-14(12(17)13-10(6)16)11-9(23-2)8(15)7(25-11)4-24-27(21,22)5-26(18,19)20/h3,7-9,11,15H,4-5H2,1-2H3,(H,21,22)(H,13,16,17)(H2,18,19,20)/t7-,8?,9?,11-/m1/s1. The van der Waals surface area contributed by atoms with Crippen molar-refractivity contribution in [1.82, 2.24) is 9.55 Å². The highest BCUT2D eigenvalue weighted by atomic mass is 31.2. The molecule has 1 aliphatic heterocycles. The Bertz CT molecular complexity index is 890. The van der Waals surface area contributed by atoms with Crippen molar-refractivity contribution in [2.24, 2.45) is 0 Å². The molecule has 0 saturated carbocycles. The number of aromatic nitrogens is 2. The Balaban J connectivity index is 2.20. The first kappa shape index (κ1) is 22.2. The monoisotopic (exact) mass is 430 g/mol. The molecule has 15 heteroatoms. The molecular formula is C12H20N2O11P2. The van der Waals surface area contributed by atoms with E-state index in [1.54, 1.807) is 0 Å². The van der Waals surface area contributed by atoms with Crippen LogP contribution in [0.3, 0.4) is 0 Å². The minimum Gasteiger partial charge on any atom is -0.387 e. The topological polar surface area (TPSA) is 198 Å². The van der Waals surface area contributed by atoms with Gasteiger partial charge in [-0.05, 0) is 6.92 Å². The lowest BCUT2D eigenvalue weighted by molar-refractivity contribution is -0.0609. The normalized spacial score (nSPS) is 28.2. The zero-order chi connectivity index (χ0) is 20.6. The quantitative estimate of drug-likeness (QED) is 0.314. The SMILES string of the molecule is COC1C(O)[C@@H](COP(=O)(O)CP(=O)(O)O)O[C@H]1n1cc(C)c(=O)[nH]c1=O. The Hall–Kier alpha value is -1.14. The van der Waals surface area contributed by atoms with Crippen LogP contribution >= 0.6 is 15.2 Å². The molecule has 0 bridgehead atoms. The molecule has 13 nitrogen and oxygen atoms in total. The summed E-state index contributed by atoms with van der Waals surface area (Å²) in [6, 6.07) is 0. The maximum Gasteiger partial charge on any atom is 0.340 e. The second-order valence-electron chi connectivity index (χ2n) is 5.97. The lowest BCUT2D eigenvalue weighted by atomic mass is 10.1. The number of aliphatic hydroxyl groups excluding tert-OH is 1. The number of H-pyrrole nitrogens is 1. The van der Waals surface area contributed by atoms with Crippen LogP contribution in [-0.4, -0.2) is 67.3 Å². The Morgan fingerprint density at radius 1 is 1.30 bits per heavy atom. The summed E-state index contributed by atoms with van der Waals surface area (Å²) in [6.07, 6.45) is -3.69. The molecular weight excluding hydrogens is 410 g/mol. The Labute approximate surface area is 152 Å². The molecule has 1 fully saturated rings. The van der Waals surface area contributed by atoms with Gasteiger partial charge >= 0.3 is 20.9 Å². The lowest BCUT2D eigenvalue weighted by Gasteiger charge is -2.20.